The SMILES string of the molecule is C=CC(=O)OC(C)CC.CCC(C)C=C(C)C(=O)O. The third kappa shape index (κ3) is 12.7. The van der Waals surface area contributed by atoms with E-state index in [0.29, 0.717) is 11.5 Å². The zero-order chi connectivity index (χ0) is 15.4. The summed E-state index contributed by atoms with van der Waals surface area (Å²) in [6, 6.07) is 0. The summed E-state index contributed by atoms with van der Waals surface area (Å²) < 4.78 is 4.79. The Morgan fingerprint density at radius 3 is 2.11 bits per heavy atom. The molecule has 110 valence electrons. The molecule has 0 bridgehead atoms. The van der Waals surface area contributed by atoms with Crippen molar-refractivity contribution in [2.24, 2.45) is 5.92 Å². The van der Waals surface area contributed by atoms with E-state index in [1.54, 1.807) is 13.0 Å². The smallest absolute Gasteiger partial charge is 0.330 e. The van der Waals surface area contributed by atoms with Crippen molar-refractivity contribution >= 4 is 11.9 Å². The molecule has 0 fully saturated rings. The minimum absolute atomic E-state index is 0.00972. The van der Waals surface area contributed by atoms with Crippen LogP contribution in [-0.2, 0) is 14.3 Å². The number of hydrogen-bond donors (Lipinski definition) is 1. The summed E-state index contributed by atoms with van der Waals surface area (Å²) >= 11 is 0. The van der Waals surface area contributed by atoms with E-state index in [0.717, 1.165) is 12.8 Å². The summed E-state index contributed by atoms with van der Waals surface area (Å²) in [5, 5.41) is 8.46. The first-order valence-electron chi connectivity index (χ1n) is 6.53. The number of ether oxygens (including phenoxy) is 1. The molecule has 0 aliphatic heterocycles. The van der Waals surface area contributed by atoms with E-state index in [1.165, 1.54) is 6.08 Å². The molecule has 2 atom stereocenters. The normalized spacial score (nSPS) is 13.6. The van der Waals surface area contributed by atoms with Crippen molar-refractivity contribution in [3.63, 3.8) is 0 Å². The largest absolute Gasteiger partial charge is 0.478 e. The Morgan fingerprint density at radius 2 is 1.79 bits per heavy atom. The molecule has 0 heterocycles. The highest BCUT2D eigenvalue weighted by Gasteiger charge is 2.01. The Morgan fingerprint density at radius 1 is 1.26 bits per heavy atom. The molecular weight excluding hydrogens is 244 g/mol. The average Bonchev–Trinajstić information content (AvgIpc) is 2.38. The van der Waals surface area contributed by atoms with Crippen molar-refractivity contribution in [3.8, 4) is 0 Å². The van der Waals surface area contributed by atoms with E-state index in [9.17, 15) is 9.59 Å². The van der Waals surface area contributed by atoms with Gasteiger partial charge in [-0.3, -0.25) is 0 Å². The van der Waals surface area contributed by atoms with Crippen LogP contribution < -0.4 is 0 Å². The van der Waals surface area contributed by atoms with E-state index in [1.807, 2.05) is 27.7 Å². The van der Waals surface area contributed by atoms with Crippen molar-refractivity contribution < 1.29 is 19.4 Å². The van der Waals surface area contributed by atoms with Gasteiger partial charge in [-0.25, -0.2) is 9.59 Å². The van der Waals surface area contributed by atoms with Crippen LogP contribution in [0.1, 0.15) is 47.5 Å². The van der Waals surface area contributed by atoms with Gasteiger partial charge in [0.15, 0.2) is 0 Å². The van der Waals surface area contributed by atoms with Gasteiger partial charge in [0, 0.05) is 11.6 Å². The maximum Gasteiger partial charge on any atom is 0.330 e. The number of carboxylic acids is 1. The molecule has 0 saturated heterocycles. The lowest BCUT2D eigenvalue weighted by Crippen LogP contribution is -2.10. The second-order valence-electron chi connectivity index (χ2n) is 4.40. The monoisotopic (exact) mass is 270 g/mol. The number of hydrogen-bond acceptors (Lipinski definition) is 3. The van der Waals surface area contributed by atoms with Crippen molar-refractivity contribution in [2.45, 2.75) is 53.6 Å². The highest BCUT2D eigenvalue weighted by Crippen LogP contribution is 2.06. The highest BCUT2D eigenvalue weighted by atomic mass is 16.5. The lowest BCUT2D eigenvalue weighted by atomic mass is 10.1. The molecule has 0 aromatic rings. The summed E-state index contributed by atoms with van der Waals surface area (Å²) in [5.74, 6) is -0.791. The Kier molecular flexibility index (Phi) is 12.0. The molecule has 0 aromatic heterocycles. The van der Waals surface area contributed by atoms with E-state index in [2.05, 4.69) is 6.58 Å². The number of carbonyl (C=O) groups excluding carboxylic acids is 1. The first-order valence-corrected chi connectivity index (χ1v) is 6.53. The van der Waals surface area contributed by atoms with Gasteiger partial charge in [-0.05, 0) is 26.2 Å². The van der Waals surface area contributed by atoms with Crippen LogP contribution in [0.3, 0.4) is 0 Å². The van der Waals surface area contributed by atoms with Crippen molar-refractivity contribution in [1.29, 1.82) is 0 Å². The van der Waals surface area contributed by atoms with Gasteiger partial charge in [-0.1, -0.05) is 39.8 Å². The molecule has 0 spiro atoms. The van der Waals surface area contributed by atoms with Crippen molar-refractivity contribution in [1.82, 2.24) is 0 Å². The molecule has 0 radical (unpaired) electrons. The molecule has 0 amide bonds. The zero-order valence-electron chi connectivity index (χ0n) is 12.6. The standard InChI is InChI=1S/C8H14O2.C7H12O2/c1-4-6(2)5-7(3)8(9)10;1-4-6(3)9-7(8)5-2/h5-6H,4H2,1-3H3,(H,9,10);5-6H,2,4H2,1,3H3. The van der Waals surface area contributed by atoms with E-state index in [4.69, 9.17) is 9.84 Å². The fourth-order valence-corrected chi connectivity index (χ4v) is 0.946. The first kappa shape index (κ1) is 19.8. The number of rotatable bonds is 6. The second kappa shape index (κ2) is 11.5. The summed E-state index contributed by atoms with van der Waals surface area (Å²) in [6.07, 6.45) is 4.80. The Hall–Kier alpha value is -1.58. The maximum absolute atomic E-state index is 10.4. The zero-order valence-corrected chi connectivity index (χ0v) is 12.6. The minimum atomic E-state index is -0.819. The average molecular weight is 270 g/mol. The van der Waals surface area contributed by atoms with Crippen LogP contribution in [0, 0.1) is 5.92 Å². The molecule has 4 nitrogen and oxygen atoms in total. The molecule has 0 aliphatic carbocycles. The molecular formula is C15H26O4. The summed E-state index contributed by atoms with van der Waals surface area (Å²) in [7, 11) is 0. The van der Waals surface area contributed by atoms with Gasteiger partial charge in [-0.15, -0.1) is 0 Å². The molecule has 0 aromatic carbocycles. The first-order chi connectivity index (χ1) is 8.78. The van der Waals surface area contributed by atoms with Crippen molar-refractivity contribution in [2.75, 3.05) is 0 Å². The van der Waals surface area contributed by atoms with Crippen LogP contribution in [0.4, 0.5) is 0 Å². The van der Waals surface area contributed by atoms with Gasteiger partial charge in [-0.2, -0.15) is 0 Å². The predicted molar refractivity (Wildman–Crippen MR) is 76.9 cm³/mol. The second-order valence-corrected chi connectivity index (χ2v) is 4.40. The third-order valence-corrected chi connectivity index (χ3v) is 2.57. The quantitative estimate of drug-likeness (QED) is 0.592. The molecule has 4 heteroatoms. The summed E-state index contributed by atoms with van der Waals surface area (Å²) in [5.41, 5.74) is 0.439. The fourth-order valence-electron chi connectivity index (χ4n) is 0.946. The van der Waals surface area contributed by atoms with E-state index < -0.39 is 5.97 Å². The fraction of sp³-hybridized carbons (Fsp3) is 0.600. The van der Waals surface area contributed by atoms with Gasteiger partial charge >= 0.3 is 11.9 Å². The Balaban J connectivity index is 0. The summed E-state index contributed by atoms with van der Waals surface area (Å²) in [4.78, 5) is 20.7. The van der Waals surface area contributed by atoms with E-state index >= 15 is 0 Å². The van der Waals surface area contributed by atoms with Crippen molar-refractivity contribution in [3.05, 3.63) is 24.3 Å². The van der Waals surface area contributed by atoms with Crippen LogP contribution in [0.25, 0.3) is 0 Å². The number of allylic oxidation sites excluding steroid dienone is 1. The van der Waals surface area contributed by atoms with Gasteiger partial charge in [0.1, 0.15) is 0 Å². The van der Waals surface area contributed by atoms with Gasteiger partial charge in [0.2, 0.25) is 0 Å². The molecule has 0 rings (SSSR count). The third-order valence-electron chi connectivity index (χ3n) is 2.57. The topological polar surface area (TPSA) is 63.6 Å². The predicted octanol–water partition coefficient (Wildman–Crippen LogP) is 3.58. The lowest BCUT2D eigenvalue weighted by molar-refractivity contribution is -0.142. The molecule has 1 N–H and O–H groups in total. The lowest BCUT2D eigenvalue weighted by Gasteiger charge is -2.07. The Bertz CT molecular complexity index is 318. The van der Waals surface area contributed by atoms with Gasteiger partial charge in [0.25, 0.3) is 0 Å². The number of carboxylic acid groups (broad SMARTS) is 1. The van der Waals surface area contributed by atoms with Gasteiger partial charge in [0.05, 0.1) is 6.10 Å². The molecule has 2 unspecified atom stereocenters. The number of esters is 1. The van der Waals surface area contributed by atoms with Crippen LogP contribution in [-0.4, -0.2) is 23.1 Å². The van der Waals surface area contributed by atoms with E-state index in [-0.39, 0.29) is 12.1 Å². The van der Waals surface area contributed by atoms with Crippen LogP contribution in [0.5, 0.6) is 0 Å². The Labute approximate surface area is 116 Å². The minimum Gasteiger partial charge on any atom is -0.478 e. The molecule has 0 aliphatic rings. The van der Waals surface area contributed by atoms with Crippen LogP contribution >= 0.6 is 0 Å². The van der Waals surface area contributed by atoms with Crippen LogP contribution in [0.2, 0.25) is 0 Å². The maximum atomic E-state index is 10.4. The van der Waals surface area contributed by atoms with Gasteiger partial charge < -0.3 is 9.84 Å². The highest BCUT2D eigenvalue weighted by molar-refractivity contribution is 5.85. The number of carbonyl (C=O) groups is 2. The van der Waals surface area contributed by atoms with Crippen LogP contribution in [0.15, 0.2) is 24.3 Å². The molecule has 0 saturated carbocycles. The summed E-state index contributed by atoms with van der Waals surface area (Å²) in [6.45, 7) is 12.7. The number of aliphatic carboxylic acids is 1. The molecule has 19 heavy (non-hydrogen) atoms.